The van der Waals surface area contributed by atoms with Gasteiger partial charge >= 0.3 is 0 Å². The van der Waals surface area contributed by atoms with Crippen molar-refractivity contribution in [2.24, 2.45) is 0 Å². The Labute approximate surface area is 110 Å². The Kier molecular flexibility index (Phi) is 2.75. The number of benzene rings is 1. The lowest BCUT2D eigenvalue weighted by molar-refractivity contribution is 1.14. The normalized spacial score (nSPS) is 10.8. The first-order valence-electron chi connectivity index (χ1n) is 6.09. The van der Waals surface area contributed by atoms with Crippen molar-refractivity contribution in [1.82, 2.24) is 19.9 Å². The van der Waals surface area contributed by atoms with E-state index < -0.39 is 0 Å². The minimum absolute atomic E-state index is 0.201. The maximum absolute atomic E-state index is 5.67. The molecule has 0 aliphatic heterocycles. The van der Waals surface area contributed by atoms with Crippen LogP contribution in [0.3, 0.4) is 0 Å². The number of nitrogens with one attached hydrogen (secondary N) is 2. The molecule has 0 saturated carbocycles. The van der Waals surface area contributed by atoms with E-state index in [9.17, 15) is 0 Å². The van der Waals surface area contributed by atoms with Crippen LogP contribution in [0.4, 0.5) is 17.5 Å². The molecule has 0 radical (unpaired) electrons. The van der Waals surface area contributed by atoms with Crippen molar-refractivity contribution in [3.05, 3.63) is 36.2 Å². The van der Waals surface area contributed by atoms with Crippen molar-refractivity contribution in [1.29, 1.82) is 0 Å². The van der Waals surface area contributed by atoms with E-state index in [1.807, 2.05) is 12.1 Å². The van der Waals surface area contributed by atoms with Gasteiger partial charge in [-0.2, -0.15) is 9.97 Å². The monoisotopic (exact) mass is 254 g/mol. The van der Waals surface area contributed by atoms with Crippen LogP contribution in [0.25, 0.3) is 11.2 Å². The molecule has 6 heteroatoms. The van der Waals surface area contributed by atoms with E-state index in [-0.39, 0.29) is 5.95 Å². The molecule has 96 valence electrons. The number of hydrogen-bond donors (Lipinski definition) is 3. The van der Waals surface area contributed by atoms with Gasteiger partial charge in [0.15, 0.2) is 11.5 Å². The van der Waals surface area contributed by atoms with Crippen molar-refractivity contribution in [3.63, 3.8) is 0 Å². The number of rotatable bonds is 3. The van der Waals surface area contributed by atoms with Crippen molar-refractivity contribution in [3.8, 4) is 0 Å². The van der Waals surface area contributed by atoms with Crippen LogP contribution in [0.15, 0.2) is 30.6 Å². The van der Waals surface area contributed by atoms with Gasteiger partial charge in [-0.05, 0) is 24.1 Å². The number of nitrogens with zero attached hydrogens (tertiary/aromatic N) is 3. The van der Waals surface area contributed by atoms with Gasteiger partial charge in [0.1, 0.15) is 5.52 Å². The quantitative estimate of drug-likeness (QED) is 0.666. The Morgan fingerprint density at radius 3 is 2.74 bits per heavy atom. The van der Waals surface area contributed by atoms with Gasteiger partial charge in [0.25, 0.3) is 0 Å². The summed E-state index contributed by atoms with van der Waals surface area (Å²) in [5.74, 6) is 0.830. The summed E-state index contributed by atoms with van der Waals surface area (Å²) in [5.41, 5.74) is 9.21. The van der Waals surface area contributed by atoms with Crippen LogP contribution in [0.5, 0.6) is 0 Å². The zero-order valence-electron chi connectivity index (χ0n) is 10.5. The lowest BCUT2D eigenvalue weighted by atomic mass is 10.1. The third-order valence-corrected chi connectivity index (χ3v) is 2.93. The fourth-order valence-corrected chi connectivity index (χ4v) is 1.90. The second-order valence-electron chi connectivity index (χ2n) is 4.21. The molecule has 0 fully saturated rings. The van der Waals surface area contributed by atoms with Crippen molar-refractivity contribution in [2.75, 3.05) is 11.1 Å². The second kappa shape index (κ2) is 4.56. The zero-order valence-corrected chi connectivity index (χ0v) is 10.5. The number of imidazole rings is 1. The summed E-state index contributed by atoms with van der Waals surface area (Å²) in [6, 6.07) is 8.19. The molecule has 0 saturated heterocycles. The highest BCUT2D eigenvalue weighted by Gasteiger charge is 2.08. The van der Waals surface area contributed by atoms with Crippen LogP contribution in [0.1, 0.15) is 12.5 Å². The molecule has 2 heterocycles. The number of H-pyrrole nitrogens is 1. The molecular weight excluding hydrogens is 240 g/mol. The third-order valence-electron chi connectivity index (χ3n) is 2.93. The maximum atomic E-state index is 5.67. The molecule has 0 spiro atoms. The van der Waals surface area contributed by atoms with Gasteiger partial charge in [-0.1, -0.05) is 19.1 Å². The minimum atomic E-state index is 0.201. The predicted octanol–water partition coefficient (Wildman–Crippen LogP) is 2.24. The number of anilines is 3. The van der Waals surface area contributed by atoms with Gasteiger partial charge < -0.3 is 16.0 Å². The van der Waals surface area contributed by atoms with E-state index in [0.717, 1.165) is 17.6 Å². The highest BCUT2D eigenvalue weighted by atomic mass is 15.1. The lowest BCUT2D eigenvalue weighted by Crippen LogP contribution is -2.01. The molecule has 0 unspecified atom stereocenters. The van der Waals surface area contributed by atoms with Gasteiger partial charge in [-0.3, -0.25) is 0 Å². The molecule has 0 atom stereocenters. The number of hydrogen-bond acceptors (Lipinski definition) is 5. The summed E-state index contributed by atoms with van der Waals surface area (Å²) < 4.78 is 0. The first-order chi connectivity index (χ1) is 9.26. The molecule has 2 aromatic heterocycles. The molecule has 0 aliphatic rings. The van der Waals surface area contributed by atoms with E-state index in [2.05, 4.69) is 44.3 Å². The molecule has 4 N–H and O–H groups in total. The average molecular weight is 254 g/mol. The zero-order chi connectivity index (χ0) is 13.2. The molecule has 1 aromatic carbocycles. The molecule has 19 heavy (non-hydrogen) atoms. The summed E-state index contributed by atoms with van der Waals surface area (Å²) in [6.45, 7) is 2.13. The number of fused-ring (bicyclic) bond motifs is 1. The number of aromatic nitrogens is 4. The number of aryl methyl sites for hydroxylation is 1. The van der Waals surface area contributed by atoms with Crippen LogP contribution < -0.4 is 11.1 Å². The van der Waals surface area contributed by atoms with Crippen LogP contribution in [0, 0.1) is 0 Å². The van der Waals surface area contributed by atoms with E-state index in [4.69, 9.17) is 5.73 Å². The van der Waals surface area contributed by atoms with Gasteiger partial charge in [0.05, 0.1) is 6.33 Å². The van der Waals surface area contributed by atoms with E-state index >= 15 is 0 Å². The summed E-state index contributed by atoms with van der Waals surface area (Å²) >= 11 is 0. The van der Waals surface area contributed by atoms with E-state index in [1.165, 1.54) is 5.56 Å². The SMILES string of the molecule is CCc1ccc(Nc2nc(N)nc3nc[nH]c23)cc1. The summed E-state index contributed by atoms with van der Waals surface area (Å²) in [7, 11) is 0. The lowest BCUT2D eigenvalue weighted by Gasteiger charge is -2.07. The number of aromatic amines is 1. The Hall–Kier alpha value is -2.63. The molecule has 3 aromatic rings. The van der Waals surface area contributed by atoms with Crippen molar-refractivity contribution >= 4 is 28.6 Å². The smallest absolute Gasteiger partial charge is 0.224 e. The third kappa shape index (κ3) is 2.20. The largest absolute Gasteiger partial charge is 0.368 e. The van der Waals surface area contributed by atoms with Gasteiger partial charge in [-0.15, -0.1) is 0 Å². The highest BCUT2D eigenvalue weighted by molar-refractivity contribution is 5.85. The highest BCUT2D eigenvalue weighted by Crippen LogP contribution is 2.22. The predicted molar refractivity (Wildman–Crippen MR) is 75.2 cm³/mol. The molecule has 0 bridgehead atoms. The van der Waals surface area contributed by atoms with E-state index in [1.54, 1.807) is 6.33 Å². The number of nitrogens with two attached hydrogens (primary N) is 1. The molecular formula is C13H14N6. The summed E-state index contributed by atoms with van der Waals surface area (Å²) in [5, 5.41) is 3.22. The van der Waals surface area contributed by atoms with E-state index in [0.29, 0.717) is 11.5 Å². The number of nitrogen functional groups attached to an aromatic ring is 1. The van der Waals surface area contributed by atoms with Crippen molar-refractivity contribution < 1.29 is 0 Å². The molecule has 0 amide bonds. The summed E-state index contributed by atoms with van der Waals surface area (Å²) in [4.78, 5) is 15.3. The Morgan fingerprint density at radius 1 is 1.21 bits per heavy atom. The van der Waals surface area contributed by atoms with Gasteiger partial charge in [-0.25, -0.2) is 4.98 Å². The van der Waals surface area contributed by atoms with Crippen molar-refractivity contribution in [2.45, 2.75) is 13.3 Å². The fraction of sp³-hybridized carbons (Fsp3) is 0.154. The Morgan fingerprint density at radius 2 is 2.00 bits per heavy atom. The average Bonchev–Trinajstić information content (AvgIpc) is 2.88. The Balaban J connectivity index is 1.97. The standard InChI is InChI=1S/C13H14N6/c1-2-8-3-5-9(6-4-8)17-12-10-11(16-7-15-10)18-13(14)19-12/h3-7H,2H2,1H3,(H4,14,15,16,17,18,19). The van der Waals surface area contributed by atoms with Crippen LogP contribution in [-0.4, -0.2) is 19.9 Å². The molecule has 6 nitrogen and oxygen atoms in total. The molecule has 0 aliphatic carbocycles. The second-order valence-corrected chi connectivity index (χ2v) is 4.21. The van der Waals surface area contributed by atoms with Crippen LogP contribution in [0.2, 0.25) is 0 Å². The summed E-state index contributed by atoms with van der Waals surface area (Å²) in [6.07, 6.45) is 2.59. The van der Waals surface area contributed by atoms with Gasteiger partial charge in [0, 0.05) is 5.69 Å². The van der Waals surface area contributed by atoms with Gasteiger partial charge in [0.2, 0.25) is 5.95 Å². The molecule has 3 rings (SSSR count). The first-order valence-corrected chi connectivity index (χ1v) is 6.09. The van der Waals surface area contributed by atoms with Crippen LogP contribution in [-0.2, 0) is 6.42 Å². The topological polar surface area (TPSA) is 92.5 Å². The first kappa shape index (κ1) is 11.5. The minimum Gasteiger partial charge on any atom is -0.368 e. The van der Waals surface area contributed by atoms with Crippen LogP contribution >= 0.6 is 0 Å². The fourth-order valence-electron chi connectivity index (χ4n) is 1.90. The Bertz CT molecular complexity index is 701. The maximum Gasteiger partial charge on any atom is 0.224 e.